The molecule has 10 heavy (non-hydrogen) atoms. The second kappa shape index (κ2) is 3.03. The van der Waals surface area contributed by atoms with Crippen molar-refractivity contribution in [3.63, 3.8) is 0 Å². The molecule has 2 unspecified atom stereocenters. The van der Waals surface area contributed by atoms with Gasteiger partial charge in [-0.15, -0.1) is 0 Å². The Labute approximate surface area is 62.4 Å². The van der Waals surface area contributed by atoms with Gasteiger partial charge >= 0.3 is 0 Å². The van der Waals surface area contributed by atoms with E-state index in [0.29, 0.717) is 5.92 Å². The molecule has 0 aromatic heterocycles. The van der Waals surface area contributed by atoms with Crippen LogP contribution in [0.15, 0.2) is 0 Å². The first kappa shape index (κ1) is 7.56. The van der Waals surface area contributed by atoms with E-state index in [-0.39, 0.29) is 5.92 Å². The van der Waals surface area contributed by atoms with Gasteiger partial charge in [0.05, 0.1) is 12.0 Å². The highest BCUT2D eigenvalue weighted by Crippen LogP contribution is 2.21. The molecule has 1 rings (SSSR count). The lowest BCUT2D eigenvalue weighted by Crippen LogP contribution is -2.19. The number of nitrogens with zero attached hydrogens (tertiary/aromatic N) is 2. The highest BCUT2D eigenvalue weighted by Gasteiger charge is 2.27. The van der Waals surface area contributed by atoms with Crippen LogP contribution in [-0.2, 0) is 0 Å². The molecule has 0 aromatic carbocycles. The molecule has 1 aliphatic heterocycles. The molecule has 2 heteroatoms. The number of hydrogen-bond donors (Lipinski definition) is 0. The van der Waals surface area contributed by atoms with Crippen LogP contribution in [0.25, 0.3) is 0 Å². The molecule has 1 saturated heterocycles. The van der Waals surface area contributed by atoms with Crippen LogP contribution < -0.4 is 0 Å². The molecule has 0 aliphatic carbocycles. The Morgan fingerprint density at radius 1 is 1.60 bits per heavy atom. The fourth-order valence-electron chi connectivity index (χ4n) is 1.49. The first-order valence-electron chi connectivity index (χ1n) is 3.90. The van der Waals surface area contributed by atoms with Crippen LogP contribution in [0.1, 0.15) is 13.8 Å². The predicted octanol–water partition coefficient (Wildman–Crippen LogP) is 1.10. The van der Waals surface area contributed by atoms with E-state index in [2.05, 4.69) is 24.8 Å². The zero-order valence-corrected chi connectivity index (χ0v) is 6.67. The second-order valence-electron chi connectivity index (χ2n) is 3.07. The summed E-state index contributed by atoms with van der Waals surface area (Å²) >= 11 is 0. The van der Waals surface area contributed by atoms with Crippen molar-refractivity contribution in [2.75, 3.05) is 19.6 Å². The summed E-state index contributed by atoms with van der Waals surface area (Å²) in [6.45, 7) is 7.47. The molecule has 1 fully saturated rings. The third kappa shape index (κ3) is 1.30. The predicted molar refractivity (Wildman–Crippen MR) is 40.4 cm³/mol. The maximum atomic E-state index is 8.67. The molecule has 0 spiro atoms. The lowest BCUT2D eigenvalue weighted by atomic mass is 10.0. The number of likely N-dealkylation sites (tertiary alicyclic amines) is 1. The highest BCUT2D eigenvalue weighted by atomic mass is 15.1. The fourth-order valence-corrected chi connectivity index (χ4v) is 1.49. The number of hydrogen-bond acceptors (Lipinski definition) is 2. The van der Waals surface area contributed by atoms with E-state index in [0.717, 1.165) is 19.6 Å². The van der Waals surface area contributed by atoms with Crippen LogP contribution >= 0.6 is 0 Å². The van der Waals surface area contributed by atoms with Crippen LogP contribution in [-0.4, -0.2) is 24.5 Å². The molecule has 56 valence electrons. The van der Waals surface area contributed by atoms with E-state index < -0.39 is 0 Å². The first-order valence-corrected chi connectivity index (χ1v) is 3.90. The van der Waals surface area contributed by atoms with Gasteiger partial charge in [0.1, 0.15) is 0 Å². The maximum Gasteiger partial charge on any atom is 0.0672 e. The van der Waals surface area contributed by atoms with Gasteiger partial charge in [-0.2, -0.15) is 5.26 Å². The van der Waals surface area contributed by atoms with Gasteiger partial charge in [-0.3, -0.25) is 0 Å². The van der Waals surface area contributed by atoms with Crippen molar-refractivity contribution in [1.29, 1.82) is 5.26 Å². The molecule has 0 N–H and O–H groups in total. The zero-order valence-electron chi connectivity index (χ0n) is 6.67. The Kier molecular flexibility index (Phi) is 2.29. The lowest BCUT2D eigenvalue weighted by Gasteiger charge is -2.09. The Balaban J connectivity index is 2.46. The molecule has 1 aliphatic rings. The topological polar surface area (TPSA) is 27.0 Å². The van der Waals surface area contributed by atoms with Gasteiger partial charge < -0.3 is 4.90 Å². The molecule has 2 nitrogen and oxygen atoms in total. The van der Waals surface area contributed by atoms with Gasteiger partial charge in [0.25, 0.3) is 0 Å². The van der Waals surface area contributed by atoms with Crippen LogP contribution in [0.4, 0.5) is 0 Å². The van der Waals surface area contributed by atoms with Gasteiger partial charge in [-0.25, -0.2) is 0 Å². The molecule has 0 radical (unpaired) electrons. The quantitative estimate of drug-likeness (QED) is 0.542. The number of rotatable bonds is 1. The SMILES string of the molecule is CCN1CC(C)C(C#N)C1. The summed E-state index contributed by atoms with van der Waals surface area (Å²) in [6.07, 6.45) is 0. The molecule has 2 atom stereocenters. The average molecular weight is 138 g/mol. The third-order valence-corrected chi connectivity index (χ3v) is 2.30. The van der Waals surface area contributed by atoms with Gasteiger partial charge in [-0.1, -0.05) is 13.8 Å². The van der Waals surface area contributed by atoms with Crippen LogP contribution in [0.3, 0.4) is 0 Å². The molecule has 1 heterocycles. The van der Waals surface area contributed by atoms with Crippen LogP contribution in [0, 0.1) is 23.2 Å². The van der Waals surface area contributed by atoms with Crippen LogP contribution in [0.2, 0.25) is 0 Å². The smallest absolute Gasteiger partial charge is 0.0672 e. The summed E-state index contributed by atoms with van der Waals surface area (Å²) in [6, 6.07) is 2.34. The number of nitriles is 1. The summed E-state index contributed by atoms with van der Waals surface area (Å²) in [7, 11) is 0. The van der Waals surface area contributed by atoms with Crippen LogP contribution in [0.5, 0.6) is 0 Å². The van der Waals surface area contributed by atoms with Crippen molar-refractivity contribution in [3.8, 4) is 6.07 Å². The maximum absolute atomic E-state index is 8.67. The summed E-state index contributed by atoms with van der Waals surface area (Å²) in [5, 5.41) is 8.67. The van der Waals surface area contributed by atoms with Crippen molar-refractivity contribution in [2.24, 2.45) is 11.8 Å². The van der Waals surface area contributed by atoms with Gasteiger partial charge in [0.2, 0.25) is 0 Å². The van der Waals surface area contributed by atoms with E-state index >= 15 is 0 Å². The van der Waals surface area contributed by atoms with E-state index in [1.807, 2.05) is 0 Å². The van der Waals surface area contributed by atoms with Crippen molar-refractivity contribution in [1.82, 2.24) is 4.90 Å². The Morgan fingerprint density at radius 3 is 2.60 bits per heavy atom. The van der Waals surface area contributed by atoms with Crippen molar-refractivity contribution in [2.45, 2.75) is 13.8 Å². The molecule has 0 bridgehead atoms. The Bertz CT molecular complexity index is 148. The largest absolute Gasteiger partial charge is 0.302 e. The summed E-state index contributed by atoms with van der Waals surface area (Å²) in [4.78, 5) is 2.33. The van der Waals surface area contributed by atoms with Crippen molar-refractivity contribution < 1.29 is 0 Å². The Hall–Kier alpha value is -0.550. The monoisotopic (exact) mass is 138 g/mol. The van der Waals surface area contributed by atoms with E-state index in [9.17, 15) is 0 Å². The summed E-state index contributed by atoms with van der Waals surface area (Å²) < 4.78 is 0. The van der Waals surface area contributed by atoms with Gasteiger partial charge in [-0.05, 0) is 12.5 Å². The Morgan fingerprint density at radius 2 is 2.30 bits per heavy atom. The molecule has 0 saturated carbocycles. The third-order valence-electron chi connectivity index (χ3n) is 2.30. The molecular weight excluding hydrogens is 124 g/mol. The normalized spacial score (nSPS) is 34.1. The molecule has 0 amide bonds. The average Bonchev–Trinajstić information content (AvgIpc) is 2.30. The minimum atomic E-state index is 0.278. The van der Waals surface area contributed by atoms with Gasteiger partial charge in [0.15, 0.2) is 0 Å². The standard InChI is InChI=1S/C8H14N2/c1-3-10-5-7(2)8(4-9)6-10/h7-8H,3,5-6H2,1-2H3. The minimum Gasteiger partial charge on any atom is -0.302 e. The summed E-state index contributed by atoms with van der Waals surface area (Å²) in [5.74, 6) is 0.852. The van der Waals surface area contributed by atoms with Gasteiger partial charge in [0, 0.05) is 13.1 Å². The first-order chi connectivity index (χ1) is 4.77. The van der Waals surface area contributed by atoms with E-state index in [1.54, 1.807) is 0 Å². The van der Waals surface area contributed by atoms with E-state index in [4.69, 9.17) is 5.26 Å². The lowest BCUT2D eigenvalue weighted by molar-refractivity contribution is 0.344. The minimum absolute atomic E-state index is 0.278. The van der Waals surface area contributed by atoms with E-state index in [1.165, 1.54) is 0 Å². The highest BCUT2D eigenvalue weighted by molar-refractivity contribution is 4.94. The zero-order chi connectivity index (χ0) is 7.56. The summed E-state index contributed by atoms with van der Waals surface area (Å²) in [5.41, 5.74) is 0. The van der Waals surface area contributed by atoms with Crippen molar-refractivity contribution >= 4 is 0 Å². The fraction of sp³-hybridized carbons (Fsp3) is 0.875. The molecular formula is C8H14N2. The van der Waals surface area contributed by atoms with Crippen molar-refractivity contribution in [3.05, 3.63) is 0 Å². The molecule has 0 aromatic rings. The second-order valence-corrected chi connectivity index (χ2v) is 3.07.